The summed E-state index contributed by atoms with van der Waals surface area (Å²) >= 11 is 0. The molecule has 0 aliphatic rings. The molecule has 2 nitrogen and oxygen atoms in total. The van der Waals surface area contributed by atoms with Crippen molar-refractivity contribution >= 4 is 0 Å². The fraction of sp³-hybridized carbons (Fsp3) is 0.250. The van der Waals surface area contributed by atoms with Crippen molar-refractivity contribution < 1.29 is 13.5 Å². The summed E-state index contributed by atoms with van der Waals surface area (Å²) in [5, 5.41) is 3.23. The van der Waals surface area contributed by atoms with Crippen LogP contribution in [0.3, 0.4) is 0 Å². The minimum absolute atomic E-state index is 0.209. The molecule has 0 bridgehead atoms. The molecule has 2 aromatic rings. The Morgan fingerprint density at radius 2 is 1.85 bits per heavy atom. The highest BCUT2D eigenvalue weighted by Crippen LogP contribution is 2.19. The number of ether oxygens (including phenoxy) is 1. The van der Waals surface area contributed by atoms with E-state index in [0.717, 1.165) is 30.0 Å². The van der Waals surface area contributed by atoms with E-state index in [2.05, 4.69) is 5.32 Å². The fourth-order valence-corrected chi connectivity index (χ4v) is 1.84. The highest BCUT2D eigenvalue weighted by Gasteiger charge is 2.05. The molecule has 0 radical (unpaired) electrons. The second kappa shape index (κ2) is 7.01. The fourth-order valence-electron chi connectivity index (χ4n) is 1.84. The molecule has 2 rings (SSSR count). The van der Waals surface area contributed by atoms with Gasteiger partial charge in [0.05, 0.1) is 0 Å². The molecule has 0 unspecified atom stereocenters. The molecule has 20 heavy (non-hydrogen) atoms. The summed E-state index contributed by atoms with van der Waals surface area (Å²) in [6.45, 7) is 3.83. The summed E-state index contributed by atoms with van der Waals surface area (Å²) < 4.78 is 31.6. The quantitative estimate of drug-likeness (QED) is 0.870. The molecule has 0 aliphatic heterocycles. The van der Waals surface area contributed by atoms with Gasteiger partial charge >= 0.3 is 0 Å². The molecular formula is C16H17F2NO. The van der Waals surface area contributed by atoms with Gasteiger partial charge in [0.2, 0.25) is 0 Å². The van der Waals surface area contributed by atoms with E-state index in [1.165, 1.54) is 6.07 Å². The van der Waals surface area contributed by atoms with Crippen molar-refractivity contribution in [2.75, 3.05) is 6.54 Å². The average molecular weight is 277 g/mol. The first kappa shape index (κ1) is 14.5. The van der Waals surface area contributed by atoms with E-state index < -0.39 is 11.6 Å². The van der Waals surface area contributed by atoms with Gasteiger partial charge in [0.1, 0.15) is 12.4 Å². The van der Waals surface area contributed by atoms with Gasteiger partial charge in [-0.2, -0.15) is 0 Å². The van der Waals surface area contributed by atoms with Gasteiger partial charge < -0.3 is 10.1 Å². The largest absolute Gasteiger partial charge is 0.489 e. The minimum atomic E-state index is -0.855. The normalized spacial score (nSPS) is 10.6. The van der Waals surface area contributed by atoms with Crippen molar-refractivity contribution in [3.8, 4) is 5.75 Å². The summed E-state index contributed by atoms with van der Waals surface area (Å²) in [5.41, 5.74) is 1.64. The molecule has 0 aromatic heterocycles. The molecule has 0 atom stereocenters. The van der Waals surface area contributed by atoms with Gasteiger partial charge in [-0.3, -0.25) is 0 Å². The highest BCUT2D eigenvalue weighted by atomic mass is 19.2. The Hall–Kier alpha value is -1.94. The molecule has 0 fully saturated rings. The zero-order valence-electron chi connectivity index (χ0n) is 11.3. The lowest BCUT2D eigenvalue weighted by molar-refractivity contribution is 0.301. The Morgan fingerprint density at radius 1 is 1.05 bits per heavy atom. The maximum Gasteiger partial charge on any atom is 0.159 e. The van der Waals surface area contributed by atoms with Crippen LogP contribution in [0.5, 0.6) is 5.75 Å². The molecule has 1 N–H and O–H groups in total. The van der Waals surface area contributed by atoms with Gasteiger partial charge in [-0.15, -0.1) is 0 Å². The molecule has 106 valence electrons. The van der Waals surface area contributed by atoms with E-state index in [0.29, 0.717) is 12.1 Å². The van der Waals surface area contributed by atoms with Crippen LogP contribution >= 0.6 is 0 Å². The van der Waals surface area contributed by atoms with Gasteiger partial charge in [-0.25, -0.2) is 8.78 Å². The van der Waals surface area contributed by atoms with Gasteiger partial charge in [0.15, 0.2) is 11.6 Å². The molecule has 4 heteroatoms. The molecule has 0 spiro atoms. The molecule has 0 heterocycles. The second-order valence-corrected chi connectivity index (χ2v) is 4.43. The lowest BCUT2D eigenvalue weighted by Crippen LogP contribution is -2.12. The summed E-state index contributed by atoms with van der Waals surface area (Å²) in [7, 11) is 0. The Balaban J connectivity index is 2.04. The Labute approximate surface area is 117 Å². The van der Waals surface area contributed by atoms with Crippen molar-refractivity contribution in [1.82, 2.24) is 5.32 Å². The monoisotopic (exact) mass is 277 g/mol. The SMILES string of the molecule is CCNCc1ccccc1OCc1ccc(F)c(F)c1. The lowest BCUT2D eigenvalue weighted by atomic mass is 10.2. The van der Waals surface area contributed by atoms with Crippen molar-refractivity contribution in [2.24, 2.45) is 0 Å². The van der Waals surface area contributed by atoms with Crippen LogP contribution in [0.1, 0.15) is 18.1 Å². The first-order valence-corrected chi connectivity index (χ1v) is 6.56. The summed E-state index contributed by atoms with van der Waals surface area (Å²) in [6, 6.07) is 11.5. The van der Waals surface area contributed by atoms with Gasteiger partial charge in [0, 0.05) is 12.1 Å². The molecule has 0 amide bonds. The third-order valence-electron chi connectivity index (χ3n) is 2.92. The third-order valence-corrected chi connectivity index (χ3v) is 2.92. The Morgan fingerprint density at radius 3 is 2.60 bits per heavy atom. The smallest absolute Gasteiger partial charge is 0.159 e. The summed E-state index contributed by atoms with van der Waals surface area (Å²) in [5.74, 6) is -0.952. The van der Waals surface area contributed by atoms with E-state index in [1.807, 2.05) is 31.2 Å². The topological polar surface area (TPSA) is 21.3 Å². The molecule has 0 saturated carbocycles. The zero-order valence-corrected chi connectivity index (χ0v) is 11.3. The molecular weight excluding hydrogens is 260 g/mol. The first-order chi connectivity index (χ1) is 9.70. The van der Waals surface area contributed by atoms with E-state index in [-0.39, 0.29) is 6.61 Å². The number of halogens is 2. The maximum atomic E-state index is 13.1. The van der Waals surface area contributed by atoms with Crippen LogP contribution in [0.4, 0.5) is 8.78 Å². The van der Waals surface area contributed by atoms with Crippen LogP contribution in [0.15, 0.2) is 42.5 Å². The summed E-state index contributed by atoms with van der Waals surface area (Å²) in [4.78, 5) is 0. The van der Waals surface area contributed by atoms with Crippen LogP contribution in [-0.2, 0) is 13.2 Å². The van der Waals surface area contributed by atoms with Crippen LogP contribution in [0.2, 0.25) is 0 Å². The summed E-state index contributed by atoms with van der Waals surface area (Å²) in [6.07, 6.45) is 0. The number of rotatable bonds is 6. The Kier molecular flexibility index (Phi) is 5.07. The lowest BCUT2D eigenvalue weighted by Gasteiger charge is -2.12. The number of para-hydroxylation sites is 1. The predicted molar refractivity (Wildman–Crippen MR) is 74.5 cm³/mol. The van der Waals surface area contributed by atoms with Crippen molar-refractivity contribution in [3.05, 3.63) is 65.2 Å². The number of nitrogens with one attached hydrogen (secondary N) is 1. The third kappa shape index (κ3) is 3.78. The van der Waals surface area contributed by atoms with Crippen LogP contribution in [0, 0.1) is 11.6 Å². The van der Waals surface area contributed by atoms with Crippen LogP contribution in [0.25, 0.3) is 0 Å². The van der Waals surface area contributed by atoms with Crippen LogP contribution in [-0.4, -0.2) is 6.54 Å². The van der Waals surface area contributed by atoms with Crippen molar-refractivity contribution in [2.45, 2.75) is 20.1 Å². The minimum Gasteiger partial charge on any atom is -0.489 e. The van der Waals surface area contributed by atoms with E-state index in [9.17, 15) is 8.78 Å². The predicted octanol–water partition coefficient (Wildman–Crippen LogP) is 3.65. The van der Waals surface area contributed by atoms with E-state index >= 15 is 0 Å². The second-order valence-electron chi connectivity index (χ2n) is 4.43. The van der Waals surface area contributed by atoms with Gasteiger partial charge in [-0.1, -0.05) is 31.2 Å². The molecule has 0 saturated heterocycles. The zero-order chi connectivity index (χ0) is 14.4. The van der Waals surface area contributed by atoms with Crippen LogP contribution < -0.4 is 10.1 Å². The standard InChI is InChI=1S/C16H17F2NO/c1-2-19-10-13-5-3-4-6-16(13)20-11-12-7-8-14(17)15(18)9-12/h3-9,19H,2,10-11H2,1H3. The number of benzene rings is 2. The molecule has 2 aromatic carbocycles. The number of hydrogen-bond acceptors (Lipinski definition) is 2. The first-order valence-electron chi connectivity index (χ1n) is 6.56. The van der Waals surface area contributed by atoms with Gasteiger partial charge in [-0.05, 0) is 30.3 Å². The van der Waals surface area contributed by atoms with Crippen molar-refractivity contribution in [1.29, 1.82) is 0 Å². The average Bonchev–Trinajstić information content (AvgIpc) is 2.47. The van der Waals surface area contributed by atoms with Gasteiger partial charge in [0.25, 0.3) is 0 Å². The number of hydrogen-bond donors (Lipinski definition) is 1. The van der Waals surface area contributed by atoms with E-state index in [4.69, 9.17) is 4.74 Å². The maximum absolute atomic E-state index is 13.1. The van der Waals surface area contributed by atoms with Crippen molar-refractivity contribution in [3.63, 3.8) is 0 Å². The molecule has 0 aliphatic carbocycles. The Bertz CT molecular complexity index is 572. The highest BCUT2D eigenvalue weighted by molar-refractivity contribution is 5.33. The van der Waals surface area contributed by atoms with E-state index in [1.54, 1.807) is 0 Å².